The first-order valence-electron chi connectivity index (χ1n) is 6.61. The topological polar surface area (TPSA) is 80.8 Å². The number of carbonyl (C=O) groups excluding carboxylic acids is 1. The van der Waals surface area contributed by atoms with Crippen molar-refractivity contribution in [3.63, 3.8) is 0 Å². The van der Waals surface area contributed by atoms with Crippen molar-refractivity contribution < 1.29 is 9.53 Å². The molecule has 22 heavy (non-hydrogen) atoms. The molecular weight excluding hydrogens is 348 g/mol. The van der Waals surface area contributed by atoms with Crippen LogP contribution < -0.4 is 0 Å². The van der Waals surface area contributed by atoms with Crippen LogP contribution >= 0.6 is 15.9 Å². The maximum Gasteiger partial charge on any atom is 0.310 e. The standard InChI is InChI=1S/C15H13BrN4O2/c1-8-17-6-11(7-18-8)9-3-10(5-13(21)22-2)14-12(4-9)15(16)20-19-14/h3-4,6-7H,5H2,1-2H3,(H,19,20). The Hall–Kier alpha value is -2.28. The Morgan fingerprint density at radius 2 is 2.00 bits per heavy atom. The highest BCUT2D eigenvalue weighted by atomic mass is 79.9. The van der Waals surface area contributed by atoms with Crippen LogP contribution in [-0.2, 0) is 16.0 Å². The second-order valence-corrected chi connectivity index (χ2v) is 5.63. The van der Waals surface area contributed by atoms with Crippen molar-refractivity contribution in [1.29, 1.82) is 0 Å². The van der Waals surface area contributed by atoms with Crippen LogP contribution in [0.5, 0.6) is 0 Å². The van der Waals surface area contributed by atoms with Gasteiger partial charge in [-0.2, -0.15) is 5.10 Å². The largest absolute Gasteiger partial charge is 0.469 e. The third-order valence-electron chi connectivity index (χ3n) is 3.37. The molecule has 1 N–H and O–H groups in total. The van der Waals surface area contributed by atoms with E-state index in [1.807, 2.05) is 19.1 Å². The molecule has 0 aliphatic heterocycles. The number of fused-ring (bicyclic) bond motifs is 1. The van der Waals surface area contributed by atoms with Crippen molar-refractivity contribution in [2.45, 2.75) is 13.3 Å². The van der Waals surface area contributed by atoms with Gasteiger partial charge in [0.15, 0.2) is 0 Å². The molecule has 3 aromatic rings. The van der Waals surface area contributed by atoms with E-state index in [0.717, 1.165) is 32.2 Å². The Labute approximate surface area is 135 Å². The molecule has 0 aliphatic rings. The highest BCUT2D eigenvalue weighted by molar-refractivity contribution is 9.10. The number of halogens is 1. The molecule has 0 amide bonds. The van der Waals surface area contributed by atoms with E-state index in [-0.39, 0.29) is 12.4 Å². The van der Waals surface area contributed by atoms with Gasteiger partial charge in [0.1, 0.15) is 10.4 Å². The summed E-state index contributed by atoms with van der Waals surface area (Å²) in [6.07, 6.45) is 3.68. The van der Waals surface area contributed by atoms with E-state index in [1.165, 1.54) is 7.11 Å². The minimum absolute atomic E-state index is 0.158. The fourth-order valence-corrected chi connectivity index (χ4v) is 2.62. The molecule has 1 aromatic carbocycles. The minimum atomic E-state index is -0.308. The number of rotatable bonds is 3. The van der Waals surface area contributed by atoms with Gasteiger partial charge in [-0.05, 0) is 46.1 Å². The number of aryl methyl sites for hydroxylation is 1. The lowest BCUT2D eigenvalue weighted by molar-refractivity contribution is -0.139. The van der Waals surface area contributed by atoms with E-state index in [9.17, 15) is 4.79 Å². The zero-order valence-corrected chi connectivity index (χ0v) is 13.6. The SMILES string of the molecule is COC(=O)Cc1cc(-c2cnc(C)nc2)cc2c(Br)[nH]nc12. The molecule has 7 heteroatoms. The van der Waals surface area contributed by atoms with Crippen LogP contribution in [0.2, 0.25) is 0 Å². The van der Waals surface area contributed by atoms with E-state index in [4.69, 9.17) is 4.74 Å². The third kappa shape index (κ3) is 2.71. The summed E-state index contributed by atoms with van der Waals surface area (Å²) in [6, 6.07) is 3.90. The molecule has 0 spiro atoms. The number of aromatic nitrogens is 4. The van der Waals surface area contributed by atoms with Gasteiger partial charge >= 0.3 is 5.97 Å². The lowest BCUT2D eigenvalue weighted by atomic mass is 10.0. The number of benzene rings is 1. The van der Waals surface area contributed by atoms with Crippen LogP contribution in [0.4, 0.5) is 0 Å². The first kappa shape index (κ1) is 14.6. The molecule has 0 bridgehead atoms. The maximum absolute atomic E-state index is 11.6. The Morgan fingerprint density at radius 1 is 1.27 bits per heavy atom. The van der Waals surface area contributed by atoms with E-state index >= 15 is 0 Å². The number of carbonyl (C=O) groups is 1. The lowest BCUT2D eigenvalue weighted by Gasteiger charge is -2.07. The first-order valence-corrected chi connectivity index (χ1v) is 7.40. The summed E-state index contributed by atoms with van der Waals surface area (Å²) < 4.78 is 5.52. The molecule has 2 heterocycles. The van der Waals surface area contributed by atoms with Gasteiger partial charge in [0.2, 0.25) is 0 Å². The van der Waals surface area contributed by atoms with Gasteiger partial charge in [-0.15, -0.1) is 0 Å². The minimum Gasteiger partial charge on any atom is -0.469 e. The smallest absolute Gasteiger partial charge is 0.310 e. The average molecular weight is 361 g/mol. The molecule has 0 radical (unpaired) electrons. The molecule has 0 fully saturated rings. The van der Waals surface area contributed by atoms with Crippen LogP contribution in [-0.4, -0.2) is 33.2 Å². The molecule has 3 rings (SSSR count). The fourth-order valence-electron chi connectivity index (χ4n) is 2.23. The number of methoxy groups -OCH3 is 1. The molecule has 0 saturated heterocycles. The van der Waals surface area contributed by atoms with Crippen molar-refractivity contribution in [1.82, 2.24) is 20.2 Å². The molecule has 6 nitrogen and oxygen atoms in total. The monoisotopic (exact) mass is 360 g/mol. The van der Waals surface area contributed by atoms with E-state index in [2.05, 4.69) is 36.1 Å². The fraction of sp³-hybridized carbons (Fsp3) is 0.200. The van der Waals surface area contributed by atoms with Gasteiger partial charge < -0.3 is 4.74 Å². The van der Waals surface area contributed by atoms with E-state index in [1.54, 1.807) is 12.4 Å². The van der Waals surface area contributed by atoms with E-state index in [0.29, 0.717) is 5.82 Å². The number of esters is 1. The van der Waals surface area contributed by atoms with Crippen LogP contribution in [0.15, 0.2) is 29.1 Å². The zero-order chi connectivity index (χ0) is 15.7. The predicted octanol–water partition coefficient (Wildman–Crippen LogP) is 2.81. The summed E-state index contributed by atoms with van der Waals surface area (Å²) in [4.78, 5) is 20.1. The summed E-state index contributed by atoms with van der Waals surface area (Å²) in [5.41, 5.74) is 3.34. The molecular formula is C15H13BrN4O2. The average Bonchev–Trinajstić information content (AvgIpc) is 2.89. The van der Waals surface area contributed by atoms with E-state index < -0.39 is 0 Å². The van der Waals surface area contributed by atoms with Gasteiger partial charge in [-0.3, -0.25) is 9.89 Å². The third-order valence-corrected chi connectivity index (χ3v) is 3.97. The van der Waals surface area contributed by atoms with Gasteiger partial charge in [-0.25, -0.2) is 9.97 Å². The second kappa shape index (κ2) is 5.84. The van der Waals surface area contributed by atoms with Crippen LogP contribution in [0.3, 0.4) is 0 Å². The molecule has 0 unspecified atom stereocenters. The number of ether oxygens (including phenoxy) is 1. The van der Waals surface area contributed by atoms with Gasteiger partial charge in [0, 0.05) is 23.3 Å². The highest BCUT2D eigenvalue weighted by Crippen LogP contribution is 2.30. The summed E-state index contributed by atoms with van der Waals surface area (Å²) in [6.45, 7) is 1.84. The Balaban J connectivity index is 2.16. The van der Waals surface area contributed by atoms with Crippen molar-refractivity contribution in [3.8, 4) is 11.1 Å². The zero-order valence-electron chi connectivity index (χ0n) is 12.1. The maximum atomic E-state index is 11.6. The van der Waals surface area contributed by atoms with Gasteiger partial charge in [0.05, 0.1) is 19.0 Å². The number of hydrogen-bond donors (Lipinski definition) is 1. The van der Waals surface area contributed by atoms with Crippen LogP contribution in [0.25, 0.3) is 22.0 Å². The van der Waals surface area contributed by atoms with Crippen molar-refractivity contribution >= 4 is 32.8 Å². The molecule has 112 valence electrons. The Kier molecular flexibility index (Phi) is 3.89. The van der Waals surface area contributed by atoms with Crippen molar-refractivity contribution in [2.75, 3.05) is 7.11 Å². The second-order valence-electron chi connectivity index (χ2n) is 4.84. The predicted molar refractivity (Wildman–Crippen MR) is 85.3 cm³/mol. The summed E-state index contributed by atoms with van der Waals surface area (Å²) in [7, 11) is 1.37. The number of nitrogens with one attached hydrogen (secondary N) is 1. The molecule has 0 atom stereocenters. The summed E-state index contributed by atoms with van der Waals surface area (Å²) >= 11 is 3.44. The number of nitrogens with zero attached hydrogens (tertiary/aromatic N) is 3. The van der Waals surface area contributed by atoms with Gasteiger partial charge in [-0.1, -0.05) is 0 Å². The normalized spacial score (nSPS) is 10.9. The van der Waals surface area contributed by atoms with Gasteiger partial charge in [0.25, 0.3) is 0 Å². The Morgan fingerprint density at radius 3 is 2.68 bits per heavy atom. The number of hydrogen-bond acceptors (Lipinski definition) is 5. The number of aromatic amines is 1. The molecule has 2 aromatic heterocycles. The molecule has 0 aliphatic carbocycles. The first-order chi connectivity index (χ1) is 10.6. The van der Waals surface area contributed by atoms with Crippen molar-refractivity contribution in [2.24, 2.45) is 0 Å². The summed E-state index contributed by atoms with van der Waals surface area (Å²) in [5.74, 6) is 0.404. The summed E-state index contributed by atoms with van der Waals surface area (Å²) in [5, 5.41) is 8.02. The van der Waals surface area contributed by atoms with Crippen LogP contribution in [0.1, 0.15) is 11.4 Å². The van der Waals surface area contributed by atoms with Crippen LogP contribution in [0, 0.1) is 6.92 Å². The number of H-pyrrole nitrogens is 1. The quantitative estimate of drug-likeness (QED) is 0.726. The highest BCUT2D eigenvalue weighted by Gasteiger charge is 2.14. The lowest BCUT2D eigenvalue weighted by Crippen LogP contribution is -2.05. The van der Waals surface area contributed by atoms with Crippen molar-refractivity contribution in [3.05, 3.63) is 40.5 Å². The molecule has 0 saturated carbocycles. The Bertz CT molecular complexity index is 843.